The van der Waals surface area contributed by atoms with Crippen LogP contribution >= 0.6 is 0 Å². The smallest absolute Gasteiger partial charge is 0.209 e. The Bertz CT molecular complexity index is 1120. The number of benzene rings is 2. The van der Waals surface area contributed by atoms with Crippen molar-refractivity contribution in [1.82, 2.24) is 14.5 Å². The van der Waals surface area contributed by atoms with Gasteiger partial charge in [-0.05, 0) is 47.9 Å². The lowest BCUT2D eigenvalue weighted by Gasteiger charge is -2.33. The predicted molar refractivity (Wildman–Crippen MR) is 121 cm³/mol. The third-order valence-electron chi connectivity index (χ3n) is 5.76. The van der Waals surface area contributed by atoms with Crippen molar-refractivity contribution < 1.29 is 8.42 Å². The Labute approximate surface area is 179 Å². The molecule has 3 aromatic rings. The van der Waals surface area contributed by atoms with Gasteiger partial charge in [-0.1, -0.05) is 68.4 Å². The molecule has 0 spiro atoms. The number of aromatic nitrogens is 2. The van der Waals surface area contributed by atoms with Crippen LogP contribution in [0.5, 0.6) is 0 Å². The molecule has 6 heteroatoms. The van der Waals surface area contributed by atoms with Crippen LogP contribution in [0.1, 0.15) is 49.2 Å². The van der Waals surface area contributed by atoms with Crippen molar-refractivity contribution in [3.63, 3.8) is 0 Å². The van der Waals surface area contributed by atoms with Crippen molar-refractivity contribution >= 4 is 10.0 Å². The average Bonchev–Trinajstić information content (AvgIpc) is 3.15. The van der Waals surface area contributed by atoms with Crippen LogP contribution in [0.2, 0.25) is 0 Å². The fourth-order valence-corrected chi connectivity index (χ4v) is 5.09. The summed E-state index contributed by atoms with van der Waals surface area (Å²) in [5.74, 6) is 0.339. The molecule has 2 heterocycles. The highest BCUT2D eigenvalue weighted by atomic mass is 32.2. The normalized spacial score (nSPS) is 19.1. The van der Waals surface area contributed by atoms with Crippen LogP contribution in [0, 0.1) is 0 Å². The van der Waals surface area contributed by atoms with Gasteiger partial charge in [0.1, 0.15) is 0 Å². The Balaban J connectivity index is 1.69. The van der Waals surface area contributed by atoms with Crippen LogP contribution < -0.4 is 4.72 Å². The van der Waals surface area contributed by atoms with Gasteiger partial charge in [0.15, 0.2) is 0 Å². The first-order valence-corrected chi connectivity index (χ1v) is 12.4. The van der Waals surface area contributed by atoms with Crippen molar-refractivity contribution in [2.24, 2.45) is 0 Å². The SMILES string of the molecule is CC(C)c1cc2n(n1)C(Cc1cccc(-c3ccccc3)c1)C(NS(C)(=O)=O)CC2. The molecular weight excluding hydrogens is 394 g/mol. The van der Waals surface area contributed by atoms with Gasteiger partial charge in [-0.25, -0.2) is 13.1 Å². The number of nitrogens with zero attached hydrogens (tertiary/aromatic N) is 2. The molecule has 2 unspecified atom stereocenters. The number of aryl methyl sites for hydroxylation is 1. The Morgan fingerprint density at radius 3 is 2.50 bits per heavy atom. The minimum atomic E-state index is -3.30. The van der Waals surface area contributed by atoms with Gasteiger partial charge in [0.05, 0.1) is 18.0 Å². The Morgan fingerprint density at radius 2 is 1.80 bits per heavy atom. The maximum Gasteiger partial charge on any atom is 0.209 e. The monoisotopic (exact) mass is 423 g/mol. The standard InChI is InChI=1S/C24H29N3O2S/c1-17(2)23-16-21-12-13-22(26-30(3,28)29)24(27(21)25-23)15-18-8-7-11-20(14-18)19-9-5-4-6-10-19/h4-11,14,16-17,22,24,26H,12-13,15H2,1-3H3. The predicted octanol–water partition coefficient (Wildman–Crippen LogP) is 4.32. The van der Waals surface area contributed by atoms with Crippen LogP contribution in [-0.4, -0.2) is 30.5 Å². The molecule has 1 N–H and O–H groups in total. The van der Waals surface area contributed by atoms with Crippen molar-refractivity contribution in [1.29, 1.82) is 0 Å². The fourth-order valence-electron chi connectivity index (χ4n) is 4.27. The highest BCUT2D eigenvalue weighted by Crippen LogP contribution is 2.31. The van der Waals surface area contributed by atoms with E-state index in [9.17, 15) is 8.42 Å². The van der Waals surface area contributed by atoms with E-state index >= 15 is 0 Å². The third kappa shape index (κ3) is 4.65. The first-order valence-electron chi connectivity index (χ1n) is 10.5. The summed E-state index contributed by atoms with van der Waals surface area (Å²) < 4.78 is 29.0. The van der Waals surface area contributed by atoms with Crippen LogP contribution in [-0.2, 0) is 22.9 Å². The average molecular weight is 424 g/mol. The highest BCUT2D eigenvalue weighted by Gasteiger charge is 2.33. The molecular formula is C24H29N3O2S. The minimum Gasteiger partial charge on any atom is -0.264 e. The topological polar surface area (TPSA) is 64.0 Å². The first-order chi connectivity index (χ1) is 14.3. The maximum atomic E-state index is 12.0. The molecule has 1 aromatic heterocycles. The van der Waals surface area contributed by atoms with Crippen LogP contribution in [0.3, 0.4) is 0 Å². The lowest BCUT2D eigenvalue weighted by molar-refractivity contribution is 0.298. The van der Waals surface area contributed by atoms with Crippen LogP contribution in [0.25, 0.3) is 11.1 Å². The molecule has 4 rings (SSSR count). The summed E-state index contributed by atoms with van der Waals surface area (Å²) in [6, 6.07) is 20.8. The number of sulfonamides is 1. The molecule has 0 amide bonds. The van der Waals surface area contributed by atoms with Crippen LogP contribution in [0.4, 0.5) is 0 Å². The quantitative estimate of drug-likeness (QED) is 0.642. The Hall–Kier alpha value is -2.44. The molecule has 30 heavy (non-hydrogen) atoms. The number of rotatable bonds is 6. The number of nitrogens with one attached hydrogen (secondary N) is 1. The molecule has 5 nitrogen and oxygen atoms in total. The van der Waals surface area contributed by atoms with Crippen molar-refractivity contribution in [2.45, 2.75) is 51.1 Å². The summed E-state index contributed by atoms with van der Waals surface area (Å²) in [7, 11) is -3.30. The zero-order valence-corrected chi connectivity index (χ0v) is 18.6. The lowest BCUT2D eigenvalue weighted by Crippen LogP contribution is -2.45. The summed E-state index contributed by atoms with van der Waals surface area (Å²) in [4.78, 5) is 0. The first kappa shape index (κ1) is 20.8. The summed E-state index contributed by atoms with van der Waals surface area (Å²) in [5.41, 5.74) is 5.77. The van der Waals surface area contributed by atoms with E-state index < -0.39 is 10.0 Å². The van der Waals surface area contributed by atoms with Crippen LogP contribution in [0.15, 0.2) is 60.7 Å². The molecule has 0 aliphatic carbocycles. The fraction of sp³-hybridized carbons (Fsp3) is 0.375. The second-order valence-electron chi connectivity index (χ2n) is 8.53. The molecule has 158 valence electrons. The van der Waals surface area contributed by atoms with Crippen molar-refractivity contribution in [2.75, 3.05) is 6.26 Å². The van der Waals surface area contributed by atoms with Gasteiger partial charge >= 0.3 is 0 Å². The zero-order chi connectivity index (χ0) is 21.3. The Morgan fingerprint density at radius 1 is 1.07 bits per heavy atom. The molecule has 0 fully saturated rings. The molecule has 0 saturated carbocycles. The molecule has 2 atom stereocenters. The van der Waals surface area contributed by atoms with E-state index in [0.29, 0.717) is 5.92 Å². The van der Waals surface area contributed by atoms with Gasteiger partial charge in [-0.3, -0.25) is 4.68 Å². The van der Waals surface area contributed by atoms with Crippen molar-refractivity contribution in [3.05, 3.63) is 77.6 Å². The number of hydrogen-bond acceptors (Lipinski definition) is 3. The highest BCUT2D eigenvalue weighted by molar-refractivity contribution is 7.88. The largest absolute Gasteiger partial charge is 0.264 e. The maximum absolute atomic E-state index is 12.0. The molecule has 0 bridgehead atoms. The van der Waals surface area contributed by atoms with Gasteiger partial charge in [0.25, 0.3) is 0 Å². The zero-order valence-electron chi connectivity index (χ0n) is 17.7. The second kappa shape index (κ2) is 8.36. The molecule has 2 aromatic carbocycles. The van der Waals surface area contributed by atoms with E-state index in [2.05, 4.69) is 65.7 Å². The number of hydrogen-bond donors (Lipinski definition) is 1. The van der Waals surface area contributed by atoms with E-state index in [4.69, 9.17) is 5.10 Å². The van der Waals surface area contributed by atoms with Gasteiger partial charge in [0.2, 0.25) is 10.0 Å². The number of fused-ring (bicyclic) bond motifs is 1. The Kier molecular flexibility index (Phi) is 5.80. The van der Waals surface area contributed by atoms with Gasteiger partial charge in [-0.15, -0.1) is 0 Å². The minimum absolute atomic E-state index is 0.0537. The lowest BCUT2D eigenvalue weighted by atomic mass is 9.91. The van der Waals surface area contributed by atoms with E-state index in [1.807, 2.05) is 18.2 Å². The third-order valence-corrected chi connectivity index (χ3v) is 6.49. The van der Waals surface area contributed by atoms with Crippen molar-refractivity contribution in [3.8, 4) is 11.1 Å². The summed E-state index contributed by atoms with van der Waals surface area (Å²) in [6.07, 6.45) is 3.56. The van der Waals surface area contributed by atoms with E-state index in [1.54, 1.807) is 0 Å². The molecule has 1 aliphatic heterocycles. The molecule has 1 aliphatic rings. The summed E-state index contributed by atoms with van der Waals surface area (Å²) in [5, 5.41) is 4.87. The molecule has 0 radical (unpaired) electrons. The summed E-state index contributed by atoms with van der Waals surface area (Å²) in [6.45, 7) is 4.28. The van der Waals surface area contributed by atoms with Gasteiger partial charge in [-0.2, -0.15) is 5.10 Å². The summed E-state index contributed by atoms with van der Waals surface area (Å²) >= 11 is 0. The second-order valence-corrected chi connectivity index (χ2v) is 10.3. The van der Waals surface area contributed by atoms with E-state index in [-0.39, 0.29) is 12.1 Å². The molecule has 0 saturated heterocycles. The van der Waals surface area contributed by atoms with Gasteiger partial charge in [0, 0.05) is 11.7 Å². The van der Waals surface area contributed by atoms with E-state index in [1.165, 1.54) is 28.6 Å². The van der Waals surface area contributed by atoms with E-state index in [0.717, 1.165) is 25.0 Å². The van der Waals surface area contributed by atoms with Gasteiger partial charge < -0.3 is 0 Å².